The number of carbonyl (C=O) groups is 3. The van der Waals surface area contributed by atoms with Gasteiger partial charge in [0.2, 0.25) is 0 Å². The molecule has 0 aromatic heterocycles. The molecule has 0 bridgehead atoms. The fourth-order valence-electron chi connectivity index (χ4n) is 13.1. The zero-order chi connectivity index (χ0) is 71.8. The van der Waals surface area contributed by atoms with Crippen molar-refractivity contribution in [3.8, 4) is 0 Å². The average Bonchev–Trinajstić information content (AvgIpc) is 0.762. The first-order valence-electron chi connectivity index (χ1n) is 38.8. The molecule has 2 heterocycles. The molecule has 0 amide bonds. The molecule has 3 fully saturated rings. The van der Waals surface area contributed by atoms with Crippen molar-refractivity contribution in [2.75, 3.05) is 26.4 Å². The number of unbranched alkanes of at least 4 members (excludes halogenated alkanes) is 40. The molecule has 25 heteroatoms. The van der Waals surface area contributed by atoms with Gasteiger partial charge < -0.3 is 89.1 Å². The van der Waals surface area contributed by atoms with Crippen LogP contribution in [0.3, 0.4) is 0 Å². The minimum absolute atomic E-state index is 0.0330. The van der Waals surface area contributed by atoms with E-state index in [1.165, 1.54) is 161 Å². The first-order valence-corrected chi connectivity index (χ1v) is 40.3. The Hall–Kier alpha value is -2.04. The van der Waals surface area contributed by atoms with E-state index in [9.17, 15) is 74.9 Å². The molecular formula is C73H137O24P. The van der Waals surface area contributed by atoms with Gasteiger partial charge in [0.1, 0.15) is 98.7 Å². The van der Waals surface area contributed by atoms with Crippen LogP contribution in [0.15, 0.2) is 0 Å². The van der Waals surface area contributed by atoms with Crippen LogP contribution in [0.25, 0.3) is 0 Å². The Bertz CT molecular complexity index is 2030. The van der Waals surface area contributed by atoms with Crippen LogP contribution < -0.4 is 0 Å². The lowest BCUT2D eigenvalue weighted by Gasteiger charge is -2.49. The van der Waals surface area contributed by atoms with E-state index in [1.807, 2.05) is 0 Å². The lowest BCUT2D eigenvalue weighted by molar-refractivity contribution is -0.360. The fourth-order valence-corrected chi connectivity index (χ4v) is 14.0. The maximum Gasteiger partial charge on any atom is 0.472 e. The molecule has 3 rings (SSSR count). The lowest BCUT2D eigenvalue weighted by atomic mass is 9.84. The average molecular weight is 1430 g/mol. The third-order valence-corrected chi connectivity index (χ3v) is 20.4. The Morgan fingerprint density at radius 2 is 0.653 bits per heavy atom. The summed E-state index contributed by atoms with van der Waals surface area (Å²) >= 11 is 0. The minimum Gasteiger partial charge on any atom is -0.463 e. The summed E-state index contributed by atoms with van der Waals surface area (Å²) in [5.41, 5.74) is 0. The molecule has 98 heavy (non-hydrogen) atoms. The van der Waals surface area contributed by atoms with Gasteiger partial charge in [0, 0.05) is 19.3 Å². The zero-order valence-corrected chi connectivity index (χ0v) is 61.2. The van der Waals surface area contributed by atoms with Gasteiger partial charge in [-0.2, -0.15) is 0 Å². The molecule has 2 aliphatic heterocycles. The first kappa shape index (κ1) is 90.2. The van der Waals surface area contributed by atoms with Gasteiger partial charge in [-0.3, -0.25) is 23.4 Å². The van der Waals surface area contributed by atoms with Crippen LogP contribution in [-0.4, -0.2) is 204 Å². The number of phosphoric ester groups is 1. The molecular weight excluding hydrogens is 1290 g/mol. The summed E-state index contributed by atoms with van der Waals surface area (Å²) in [6.07, 6.45) is 13.0. The standard InChI is InChI=1S/C73H137O24P/c1-4-7-10-13-16-19-22-25-27-29-30-33-36-39-42-45-48-58(76)90-53-56-61(79)63(81)68(86)73(94-56)96-70-66(84)64(82)65(83)69(95-72-67(85)62(80)60(78)55(50-74)93-72)71(70)97-98(87,88)91-52-54(51-89-57(75)47-44-41-38-35-32-24-21-18-15-12-9-6-3)92-59(77)49-46-43-40-37-34-31-28-26-23-20-17-14-11-8-5-2/h54-56,60-74,78-86H,4-53H2,1-3H3,(H,87,88). The third-order valence-electron chi connectivity index (χ3n) is 19.4. The van der Waals surface area contributed by atoms with Gasteiger partial charge in [0.15, 0.2) is 18.7 Å². The molecule has 0 spiro atoms. The monoisotopic (exact) mass is 1430 g/mol. The highest BCUT2D eigenvalue weighted by Crippen LogP contribution is 2.49. The summed E-state index contributed by atoms with van der Waals surface area (Å²) < 4.78 is 65.1. The lowest BCUT2D eigenvalue weighted by Crippen LogP contribution is -2.69. The molecule has 578 valence electrons. The molecule has 0 aromatic rings. The van der Waals surface area contributed by atoms with Crippen molar-refractivity contribution >= 4 is 25.7 Å². The molecule has 3 aliphatic rings. The Kier molecular flexibility index (Phi) is 51.0. The van der Waals surface area contributed by atoms with Crippen molar-refractivity contribution in [1.29, 1.82) is 0 Å². The highest BCUT2D eigenvalue weighted by Gasteiger charge is 2.58. The zero-order valence-electron chi connectivity index (χ0n) is 60.3. The number of phosphoric acid groups is 1. The second kappa shape index (κ2) is 55.4. The number of carbonyl (C=O) groups excluding carboxylic acids is 3. The van der Waals surface area contributed by atoms with Gasteiger partial charge in [0.25, 0.3) is 0 Å². The molecule has 2 saturated heterocycles. The van der Waals surface area contributed by atoms with E-state index in [0.717, 1.165) is 96.3 Å². The largest absolute Gasteiger partial charge is 0.472 e. The van der Waals surface area contributed by atoms with Crippen molar-refractivity contribution < 1.29 is 117 Å². The number of rotatable bonds is 61. The number of aliphatic hydroxyl groups is 10. The molecule has 0 aromatic carbocycles. The molecule has 1 saturated carbocycles. The van der Waals surface area contributed by atoms with Gasteiger partial charge in [-0.1, -0.05) is 278 Å². The summed E-state index contributed by atoms with van der Waals surface area (Å²) in [6.45, 7) is 3.48. The second-order valence-electron chi connectivity index (χ2n) is 28.1. The molecule has 24 nitrogen and oxygen atoms in total. The summed E-state index contributed by atoms with van der Waals surface area (Å²) in [7, 11) is -5.69. The van der Waals surface area contributed by atoms with E-state index in [4.69, 9.17) is 42.2 Å². The van der Waals surface area contributed by atoms with Crippen molar-refractivity contribution in [1.82, 2.24) is 0 Å². The highest BCUT2D eigenvalue weighted by atomic mass is 31.2. The van der Waals surface area contributed by atoms with Crippen molar-refractivity contribution in [3.05, 3.63) is 0 Å². The third kappa shape index (κ3) is 38.1. The maximum atomic E-state index is 14.3. The summed E-state index contributed by atoms with van der Waals surface area (Å²) in [5, 5.41) is 110. The van der Waals surface area contributed by atoms with Crippen LogP contribution in [0.2, 0.25) is 0 Å². The number of esters is 3. The molecule has 18 unspecified atom stereocenters. The summed E-state index contributed by atoms with van der Waals surface area (Å²) in [4.78, 5) is 51.0. The predicted molar refractivity (Wildman–Crippen MR) is 370 cm³/mol. The summed E-state index contributed by atoms with van der Waals surface area (Å²) in [5.74, 6) is -1.97. The van der Waals surface area contributed by atoms with Crippen LogP contribution in [0.5, 0.6) is 0 Å². The van der Waals surface area contributed by atoms with Crippen LogP contribution in [0.1, 0.15) is 316 Å². The number of aliphatic hydroxyl groups excluding tert-OH is 10. The SMILES string of the molecule is CCCCCCCCCCCCCCCCCCC(=O)OCC1OC(OC2C(O)C(O)C(O)C(OC3OC(CO)C(O)C(O)C3O)C2OP(=O)(O)OCC(COC(=O)CCCCCCCCCCCCCC)OC(=O)CCCCCCCCCCCCCCCCC)C(O)C(O)C1O. The van der Waals surface area contributed by atoms with E-state index < -0.39 is 156 Å². The van der Waals surface area contributed by atoms with E-state index in [-0.39, 0.29) is 19.3 Å². The van der Waals surface area contributed by atoms with Gasteiger partial charge in [-0.15, -0.1) is 0 Å². The quantitative estimate of drug-likeness (QED) is 0.0117. The summed E-state index contributed by atoms with van der Waals surface area (Å²) in [6, 6.07) is 0. The van der Waals surface area contributed by atoms with E-state index in [0.29, 0.717) is 19.3 Å². The van der Waals surface area contributed by atoms with Crippen LogP contribution in [-0.2, 0) is 61.2 Å². The topological polar surface area (TPSA) is 374 Å². The fraction of sp³-hybridized carbons (Fsp3) is 0.959. The normalized spacial score (nSPS) is 27.6. The van der Waals surface area contributed by atoms with Crippen LogP contribution >= 0.6 is 7.82 Å². The predicted octanol–water partition coefficient (Wildman–Crippen LogP) is 11.0. The van der Waals surface area contributed by atoms with Gasteiger partial charge in [-0.05, 0) is 19.3 Å². The van der Waals surface area contributed by atoms with Gasteiger partial charge in [-0.25, -0.2) is 4.57 Å². The number of hydrogen-bond donors (Lipinski definition) is 11. The van der Waals surface area contributed by atoms with Gasteiger partial charge >= 0.3 is 25.7 Å². The maximum absolute atomic E-state index is 14.3. The molecule has 11 N–H and O–H groups in total. The van der Waals surface area contributed by atoms with Crippen molar-refractivity contribution in [2.45, 2.75) is 420 Å². The van der Waals surface area contributed by atoms with Crippen LogP contribution in [0, 0.1) is 0 Å². The second-order valence-corrected chi connectivity index (χ2v) is 29.5. The smallest absolute Gasteiger partial charge is 0.463 e. The van der Waals surface area contributed by atoms with E-state index in [2.05, 4.69) is 20.8 Å². The van der Waals surface area contributed by atoms with Crippen molar-refractivity contribution in [3.63, 3.8) is 0 Å². The van der Waals surface area contributed by atoms with Gasteiger partial charge in [0.05, 0.1) is 13.2 Å². The minimum atomic E-state index is -5.69. The molecule has 1 aliphatic carbocycles. The Balaban J connectivity index is 1.71. The number of ether oxygens (including phenoxy) is 7. The first-order chi connectivity index (χ1) is 47.3. The highest BCUT2D eigenvalue weighted by molar-refractivity contribution is 7.47. The molecule has 0 radical (unpaired) electrons. The number of hydrogen-bond acceptors (Lipinski definition) is 23. The Morgan fingerprint density at radius 1 is 0.357 bits per heavy atom. The Labute approximate surface area is 587 Å². The van der Waals surface area contributed by atoms with Crippen molar-refractivity contribution in [2.24, 2.45) is 0 Å². The van der Waals surface area contributed by atoms with E-state index >= 15 is 0 Å². The van der Waals surface area contributed by atoms with Crippen LogP contribution in [0.4, 0.5) is 0 Å². The van der Waals surface area contributed by atoms with E-state index in [1.54, 1.807) is 0 Å². The Morgan fingerprint density at radius 3 is 1.00 bits per heavy atom. The molecule has 18 atom stereocenters.